The number of aromatic amines is 1. The minimum atomic E-state index is 0.717. The molecule has 0 saturated heterocycles. The van der Waals surface area contributed by atoms with Gasteiger partial charge in [-0.25, -0.2) is 0 Å². The summed E-state index contributed by atoms with van der Waals surface area (Å²) in [5.74, 6) is 0. The Balaban J connectivity index is 1.85. The van der Waals surface area contributed by atoms with Crippen molar-refractivity contribution in [1.82, 2.24) is 10.3 Å². The Morgan fingerprint density at radius 3 is 3.05 bits per heavy atom. The van der Waals surface area contributed by atoms with E-state index in [1.54, 1.807) is 13.0 Å². The van der Waals surface area contributed by atoms with Gasteiger partial charge in [-0.15, -0.1) is 0 Å². The smallest absolute Gasteiger partial charge is 0.145 e. The van der Waals surface area contributed by atoms with E-state index >= 15 is 0 Å². The summed E-state index contributed by atoms with van der Waals surface area (Å²) in [7, 11) is 0. The summed E-state index contributed by atoms with van der Waals surface area (Å²) >= 11 is 0. The van der Waals surface area contributed by atoms with E-state index in [0.29, 0.717) is 0 Å². The molecule has 3 nitrogen and oxygen atoms in total. The SMILES string of the molecule is C/C(C=O)=C\C=C\NCCc1c[nH]c2ccccc12. The highest BCUT2D eigenvalue weighted by molar-refractivity contribution is 5.83. The number of allylic oxidation sites excluding steroid dienone is 3. The number of hydrogen-bond donors (Lipinski definition) is 2. The molecule has 0 fully saturated rings. The van der Waals surface area contributed by atoms with Crippen LogP contribution in [0.1, 0.15) is 12.5 Å². The number of para-hydroxylation sites is 1. The van der Waals surface area contributed by atoms with Crippen LogP contribution in [0.25, 0.3) is 10.9 Å². The van der Waals surface area contributed by atoms with Crippen LogP contribution in [0.5, 0.6) is 0 Å². The van der Waals surface area contributed by atoms with Crippen molar-refractivity contribution in [3.63, 3.8) is 0 Å². The van der Waals surface area contributed by atoms with Gasteiger partial charge in [0.2, 0.25) is 0 Å². The van der Waals surface area contributed by atoms with Gasteiger partial charge in [0.1, 0.15) is 6.29 Å². The van der Waals surface area contributed by atoms with E-state index in [2.05, 4.69) is 34.7 Å². The van der Waals surface area contributed by atoms with Crippen LogP contribution >= 0.6 is 0 Å². The number of rotatable bonds is 6. The number of carbonyl (C=O) groups is 1. The Morgan fingerprint density at radius 2 is 2.21 bits per heavy atom. The lowest BCUT2D eigenvalue weighted by Crippen LogP contribution is -2.09. The molecular weight excluding hydrogens is 236 g/mol. The van der Waals surface area contributed by atoms with Gasteiger partial charge in [0.05, 0.1) is 0 Å². The average Bonchev–Trinajstić information content (AvgIpc) is 2.85. The van der Waals surface area contributed by atoms with Crippen LogP contribution in [0.3, 0.4) is 0 Å². The van der Waals surface area contributed by atoms with Gasteiger partial charge >= 0.3 is 0 Å². The van der Waals surface area contributed by atoms with Gasteiger partial charge in [0.25, 0.3) is 0 Å². The molecular formula is C16H18N2O. The second-order valence-electron chi connectivity index (χ2n) is 4.45. The van der Waals surface area contributed by atoms with Crippen LogP contribution in [0.15, 0.2) is 54.4 Å². The molecule has 2 N–H and O–H groups in total. The van der Waals surface area contributed by atoms with Gasteiger partial charge in [0, 0.05) is 23.6 Å². The number of aldehydes is 1. The highest BCUT2D eigenvalue weighted by Gasteiger charge is 2.00. The zero-order valence-electron chi connectivity index (χ0n) is 11.0. The monoisotopic (exact) mass is 254 g/mol. The maximum atomic E-state index is 10.4. The van der Waals surface area contributed by atoms with Crippen LogP contribution in [-0.2, 0) is 11.2 Å². The van der Waals surface area contributed by atoms with Gasteiger partial charge in [-0.1, -0.05) is 24.3 Å². The number of benzene rings is 1. The average molecular weight is 254 g/mol. The number of carbonyl (C=O) groups excluding carboxylic acids is 1. The van der Waals surface area contributed by atoms with Crippen molar-refractivity contribution >= 4 is 17.2 Å². The molecule has 0 saturated carbocycles. The molecule has 0 spiro atoms. The predicted octanol–water partition coefficient (Wildman–Crippen LogP) is 2.96. The van der Waals surface area contributed by atoms with Crippen molar-refractivity contribution in [2.75, 3.05) is 6.54 Å². The zero-order chi connectivity index (χ0) is 13.5. The van der Waals surface area contributed by atoms with Gasteiger partial charge < -0.3 is 10.3 Å². The molecule has 0 unspecified atom stereocenters. The van der Waals surface area contributed by atoms with Gasteiger partial charge in [-0.05, 0) is 42.8 Å². The van der Waals surface area contributed by atoms with Crippen molar-refractivity contribution in [2.45, 2.75) is 13.3 Å². The second-order valence-corrected chi connectivity index (χ2v) is 4.45. The van der Waals surface area contributed by atoms with Gasteiger partial charge in [-0.3, -0.25) is 4.79 Å². The van der Waals surface area contributed by atoms with Gasteiger partial charge in [-0.2, -0.15) is 0 Å². The quantitative estimate of drug-likeness (QED) is 0.360. The van der Waals surface area contributed by atoms with E-state index in [9.17, 15) is 4.79 Å². The highest BCUT2D eigenvalue weighted by Crippen LogP contribution is 2.17. The molecule has 0 aliphatic carbocycles. The first-order chi connectivity index (χ1) is 9.31. The molecule has 0 amide bonds. The summed E-state index contributed by atoms with van der Waals surface area (Å²) in [5.41, 5.74) is 3.21. The van der Waals surface area contributed by atoms with Crippen molar-refractivity contribution in [1.29, 1.82) is 0 Å². The number of H-pyrrole nitrogens is 1. The summed E-state index contributed by atoms with van der Waals surface area (Å²) in [5, 5.41) is 4.50. The molecule has 0 aliphatic heterocycles. The van der Waals surface area contributed by atoms with Crippen molar-refractivity contribution in [2.24, 2.45) is 0 Å². The number of nitrogens with one attached hydrogen (secondary N) is 2. The number of aromatic nitrogens is 1. The van der Waals surface area contributed by atoms with Crippen LogP contribution in [0.2, 0.25) is 0 Å². The van der Waals surface area contributed by atoms with Crippen LogP contribution < -0.4 is 5.32 Å². The van der Waals surface area contributed by atoms with E-state index < -0.39 is 0 Å². The maximum absolute atomic E-state index is 10.4. The molecule has 0 bridgehead atoms. The molecule has 1 heterocycles. The first-order valence-electron chi connectivity index (χ1n) is 6.38. The fraction of sp³-hybridized carbons (Fsp3) is 0.188. The predicted molar refractivity (Wildman–Crippen MR) is 79.0 cm³/mol. The first-order valence-corrected chi connectivity index (χ1v) is 6.38. The minimum absolute atomic E-state index is 0.717. The summed E-state index contributed by atoms with van der Waals surface area (Å²) in [6, 6.07) is 8.30. The molecule has 3 heteroatoms. The summed E-state index contributed by atoms with van der Waals surface area (Å²) in [6.07, 6.45) is 9.36. The summed E-state index contributed by atoms with van der Waals surface area (Å²) < 4.78 is 0. The van der Waals surface area contributed by atoms with Crippen LogP contribution in [-0.4, -0.2) is 17.8 Å². The zero-order valence-corrected chi connectivity index (χ0v) is 11.0. The third-order valence-electron chi connectivity index (χ3n) is 2.97. The lowest BCUT2D eigenvalue weighted by Gasteiger charge is -1.99. The van der Waals surface area contributed by atoms with E-state index in [-0.39, 0.29) is 0 Å². The standard InChI is InChI=1S/C16H18N2O/c1-13(12-19)5-4-9-17-10-8-14-11-18-16-7-3-2-6-15(14)16/h2-7,9,11-12,17-18H,8,10H2,1H3/b9-4+,13-5+. The van der Waals surface area contributed by atoms with Crippen molar-refractivity contribution in [3.8, 4) is 0 Å². The molecule has 1 aromatic heterocycles. The fourth-order valence-corrected chi connectivity index (χ4v) is 1.94. The Kier molecular flexibility index (Phi) is 4.56. The largest absolute Gasteiger partial charge is 0.391 e. The fourth-order valence-electron chi connectivity index (χ4n) is 1.94. The number of fused-ring (bicyclic) bond motifs is 1. The molecule has 98 valence electrons. The normalized spacial score (nSPS) is 12.2. The lowest BCUT2D eigenvalue weighted by molar-refractivity contribution is -0.104. The van der Waals surface area contributed by atoms with E-state index in [1.807, 2.05) is 18.3 Å². The van der Waals surface area contributed by atoms with Crippen LogP contribution in [0, 0.1) is 0 Å². The number of hydrogen-bond acceptors (Lipinski definition) is 2. The third-order valence-corrected chi connectivity index (χ3v) is 2.97. The highest BCUT2D eigenvalue weighted by atomic mass is 16.1. The molecule has 2 aromatic rings. The molecule has 0 atom stereocenters. The third kappa shape index (κ3) is 3.58. The topological polar surface area (TPSA) is 44.9 Å². The Bertz CT molecular complexity index is 608. The van der Waals surface area contributed by atoms with Crippen molar-refractivity contribution in [3.05, 3.63) is 60.0 Å². The molecule has 1 aromatic carbocycles. The van der Waals surface area contributed by atoms with E-state index in [4.69, 9.17) is 0 Å². The molecule has 0 aliphatic rings. The second kappa shape index (κ2) is 6.59. The first kappa shape index (κ1) is 13.1. The minimum Gasteiger partial charge on any atom is -0.391 e. The van der Waals surface area contributed by atoms with Crippen LogP contribution in [0.4, 0.5) is 0 Å². The molecule has 19 heavy (non-hydrogen) atoms. The lowest BCUT2D eigenvalue weighted by atomic mass is 10.1. The maximum Gasteiger partial charge on any atom is 0.145 e. The molecule has 0 radical (unpaired) electrons. The van der Waals surface area contributed by atoms with Crippen molar-refractivity contribution < 1.29 is 4.79 Å². The Hall–Kier alpha value is -2.29. The Labute approximate surface area is 113 Å². The van der Waals surface area contributed by atoms with Gasteiger partial charge in [0.15, 0.2) is 0 Å². The van der Waals surface area contributed by atoms with E-state index in [0.717, 1.165) is 24.8 Å². The summed E-state index contributed by atoms with van der Waals surface area (Å²) in [4.78, 5) is 13.6. The Morgan fingerprint density at radius 1 is 1.37 bits per heavy atom. The molecule has 2 rings (SSSR count). The summed E-state index contributed by atoms with van der Waals surface area (Å²) in [6.45, 7) is 2.65. The van der Waals surface area contributed by atoms with E-state index in [1.165, 1.54) is 16.5 Å².